The van der Waals surface area contributed by atoms with Crippen molar-refractivity contribution in [3.63, 3.8) is 0 Å². The van der Waals surface area contributed by atoms with E-state index < -0.39 is 35.6 Å². The standard InChI is InChI=1S/C29H33BrN2O6/c30-19-6-7-24(34)21(13-19)25-14-23-26-22(12-18(16-33)29(23,37)38-25)27(35)32(28(26)36)20-8-10-31(11-9-20)15-17-4-2-1-3-5-17/h1-7,13,18,20,22-23,25-26,33-34,37H,8-12,14-16H2/t18-,22+,23+,25+,26+,29-/m1/s1. The lowest BCUT2D eigenvalue weighted by Gasteiger charge is -2.44. The highest BCUT2D eigenvalue weighted by Gasteiger charge is 2.67. The quantitative estimate of drug-likeness (QED) is 0.463. The third-order valence-electron chi connectivity index (χ3n) is 9.13. The molecule has 2 aromatic rings. The molecule has 202 valence electrons. The predicted octanol–water partition coefficient (Wildman–Crippen LogP) is 3.20. The molecule has 0 unspecified atom stereocenters. The van der Waals surface area contributed by atoms with E-state index in [-0.39, 0.29) is 43.1 Å². The number of fused-ring (bicyclic) bond motifs is 3. The molecule has 6 rings (SSSR count). The van der Waals surface area contributed by atoms with Crippen molar-refractivity contribution >= 4 is 27.7 Å². The molecule has 0 radical (unpaired) electrons. The van der Waals surface area contributed by atoms with Crippen molar-refractivity contribution in [2.45, 2.75) is 50.2 Å². The Morgan fingerprint density at radius 1 is 1.03 bits per heavy atom. The van der Waals surface area contributed by atoms with E-state index in [1.807, 2.05) is 18.2 Å². The van der Waals surface area contributed by atoms with Crippen molar-refractivity contribution in [3.8, 4) is 5.75 Å². The summed E-state index contributed by atoms with van der Waals surface area (Å²) in [4.78, 5) is 31.4. The SMILES string of the molecule is O=C1[C@H]2[C@H](C[C@H](CO)[C@@]3(O)O[C@H](c4cc(Br)ccc4O)C[C@@H]23)C(=O)N1C1CCN(Cc2ccccc2)CC1. The number of carbonyl (C=O) groups excluding carboxylic acids is 2. The molecule has 6 atom stereocenters. The number of benzene rings is 2. The Balaban J connectivity index is 1.21. The number of aliphatic hydroxyl groups is 2. The molecule has 0 aromatic heterocycles. The summed E-state index contributed by atoms with van der Waals surface area (Å²) in [6.45, 7) is 2.08. The molecule has 4 fully saturated rings. The van der Waals surface area contributed by atoms with Crippen LogP contribution in [0.15, 0.2) is 53.0 Å². The van der Waals surface area contributed by atoms with Crippen LogP contribution in [-0.2, 0) is 20.9 Å². The van der Waals surface area contributed by atoms with E-state index in [1.165, 1.54) is 10.5 Å². The van der Waals surface area contributed by atoms with Gasteiger partial charge in [0, 0.05) is 47.5 Å². The number of aromatic hydroxyl groups is 1. The van der Waals surface area contributed by atoms with Gasteiger partial charge in [-0.25, -0.2) is 0 Å². The second kappa shape index (κ2) is 10.0. The molecular weight excluding hydrogens is 552 g/mol. The molecule has 0 bridgehead atoms. The second-order valence-electron chi connectivity index (χ2n) is 11.2. The molecule has 1 saturated carbocycles. The Morgan fingerprint density at radius 3 is 2.47 bits per heavy atom. The van der Waals surface area contributed by atoms with Gasteiger partial charge in [-0.15, -0.1) is 0 Å². The average molecular weight is 585 g/mol. The number of piperidine rings is 1. The van der Waals surface area contributed by atoms with Gasteiger partial charge in [0.1, 0.15) is 5.75 Å². The van der Waals surface area contributed by atoms with Crippen molar-refractivity contribution in [2.24, 2.45) is 23.7 Å². The van der Waals surface area contributed by atoms with Crippen LogP contribution >= 0.6 is 15.9 Å². The van der Waals surface area contributed by atoms with Crippen molar-refractivity contribution in [1.29, 1.82) is 0 Å². The van der Waals surface area contributed by atoms with E-state index in [9.17, 15) is 24.9 Å². The average Bonchev–Trinajstić information content (AvgIpc) is 3.39. The molecule has 2 amide bonds. The normalized spacial score (nSPS) is 34.0. The van der Waals surface area contributed by atoms with Crippen molar-refractivity contribution in [3.05, 3.63) is 64.1 Å². The molecule has 1 aliphatic carbocycles. The summed E-state index contributed by atoms with van der Waals surface area (Å²) < 4.78 is 6.90. The fourth-order valence-corrected chi connectivity index (χ4v) is 7.61. The number of carbonyl (C=O) groups is 2. The van der Waals surface area contributed by atoms with Gasteiger partial charge in [-0.3, -0.25) is 19.4 Å². The van der Waals surface area contributed by atoms with Gasteiger partial charge in [0.2, 0.25) is 11.8 Å². The van der Waals surface area contributed by atoms with Crippen LogP contribution in [0.3, 0.4) is 0 Å². The number of imide groups is 1. The first kappa shape index (κ1) is 26.0. The Hall–Kier alpha value is -2.30. The number of hydrogen-bond acceptors (Lipinski definition) is 7. The van der Waals surface area contributed by atoms with Gasteiger partial charge in [0.05, 0.1) is 24.5 Å². The maximum atomic E-state index is 13.9. The van der Waals surface area contributed by atoms with E-state index in [0.29, 0.717) is 18.4 Å². The summed E-state index contributed by atoms with van der Waals surface area (Å²) in [5.41, 5.74) is 1.75. The largest absolute Gasteiger partial charge is 0.508 e. The minimum Gasteiger partial charge on any atom is -0.508 e. The number of aliphatic hydroxyl groups excluding tert-OH is 1. The van der Waals surface area contributed by atoms with Gasteiger partial charge < -0.3 is 20.1 Å². The van der Waals surface area contributed by atoms with Crippen LogP contribution in [0, 0.1) is 23.7 Å². The number of phenols is 1. The van der Waals surface area contributed by atoms with Crippen LogP contribution in [0.5, 0.6) is 5.75 Å². The topological polar surface area (TPSA) is 111 Å². The minimum atomic E-state index is -1.75. The van der Waals surface area contributed by atoms with Crippen LogP contribution in [0.25, 0.3) is 0 Å². The Labute approximate surface area is 230 Å². The van der Waals surface area contributed by atoms with Crippen LogP contribution in [0.1, 0.15) is 42.9 Å². The fourth-order valence-electron chi connectivity index (χ4n) is 7.23. The molecule has 3 aliphatic heterocycles. The molecule has 9 heteroatoms. The number of amides is 2. The molecule has 8 nitrogen and oxygen atoms in total. The highest BCUT2D eigenvalue weighted by molar-refractivity contribution is 9.10. The molecule has 3 saturated heterocycles. The number of likely N-dealkylation sites (tertiary alicyclic amines) is 2. The van der Waals surface area contributed by atoms with Crippen LogP contribution < -0.4 is 0 Å². The number of halogens is 1. The molecule has 0 spiro atoms. The first-order chi connectivity index (χ1) is 18.3. The first-order valence-corrected chi connectivity index (χ1v) is 14.2. The van der Waals surface area contributed by atoms with Crippen LogP contribution in [0.2, 0.25) is 0 Å². The van der Waals surface area contributed by atoms with Crippen molar-refractivity contribution < 1.29 is 29.6 Å². The zero-order valence-corrected chi connectivity index (χ0v) is 22.7. The zero-order chi connectivity index (χ0) is 26.6. The molecule has 4 aliphatic rings. The Morgan fingerprint density at radius 2 is 1.76 bits per heavy atom. The van der Waals surface area contributed by atoms with E-state index in [4.69, 9.17) is 4.74 Å². The summed E-state index contributed by atoms with van der Waals surface area (Å²) >= 11 is 3.42. The fraction of sp³-hybridized carbons (Fsp3) is 0.517. The second-order valence-corrected chi connectivity index (χ2v) is 12.1. The predicted molar refractivity (Wildman–Crippen MR) is 141 cm³/mol. The van der Waals surface area contributed by atoms with Gasteiger partial charge >= 0.3 is 0 Å². The summed E-state index contributed by atoms with van der Waals surface area (Å²) in [6.07, 6.45) is 1.24. The number of rotatable bonds is 5. The molecule has 2 aromatic carbocycles. The van der Waals surface area contributed by atoms with Crippen molar-refractivity contribution in [2.75, 3.05) is 19.7 Å². The highest BCUT2D eigenvalue weighted by Crippen LogP contribution is 2.59. The minimum absolute atomic E-state index is 0.0373. The summed E-state index contributed by atoms with van der Waals surface area (Å²) in [5.74, 6) is -4.75. The summed E-state index contributed by atoms with van der Waals surface area (Å²) in [7, 11) is 0. The third-order valence-corrected chi connectivity index (χ3v) is 9.62. The zero-order valence-electron chi connectivity index (χ0n) is 21.1. The lowest BCUT2D eigenvalue weighted by Crippen LogP contribution is -2.54. The molecule has 3 heterocycles. The lowest BCUT2D eigenvalue weighted by molar-refractivity contribution is -0.274. The highest BCUT2D eigenvalue weighted by atomic mass is 79.9. The van der Waals surface area contributed by atoms with E-state index in [1.54, 1.807) is 18.2 Å². The maximum absolute atomic E-state index is 13.9. The van der Waals surface area contributed by atoms with E-state index in [2.05, 4.69) is 33.0 Å². The van der Waals surface area contributed by atoms with Gasteiger partial charge in [0.15, 0.2) is 5.79 Å². The number of ether oxygens (including phenoxy) is 1. The molecule has 3 N–H and O–H groups in total. The third kappa shape index (κ3) is 4.29. The summed E-state index contributed by atoms with van der Waals surface area (Å²) in [6, 6.07) is 15.1. The molecule has 38 heavy (non-hydrogen) atoms. The van der Waals surface area contributed by atoms with Crippen LogP contribution in [-0.4, -0.2) is 68.5 Å². The van der Waals surface area contributed by atoms with Crippen molar-refractivity contribution in [1.82, 2.24) is 9.80 Å². The number of nitrogens with zero attached hydrogens (tertiary/aromatic N) is 2. The number of hydrogen-bond donors (Lipinski definition) is 3. The van der Waals surface area contributed by atoms with Crippen LogP contribution in [0.4, 0.5) is 0 Å². The Bertz CT molecular complexity index is 1220. The first-order valence-electron chi connectivity index (χ1n) is 13.4. The maximum Gasteiger partial charge on any atom is 0.233 e. The monoisotopic (exact) mass is 584 g/mol. The summed E-state index contributed by atoms with van der Waals surface area (Å²) in [5, 5.41) is 32.4. The molecular formula is C29H33BrN2O6. The lowest BCUT2D eigenvalue weighted by atomic mass is 9.64. The van der Waals surface area contributed by atoms with Gasteiger partial charge in [-0.1, -0.05) is 46.3 Å². The van der Waals surface area contributed by atoms with Gasteiger partial charge in [-0.05, 0) is 49.4 Å². The van der Waals surface area contributed by atoms with E-state index >= 15 is 0 Å². The number of phenolic OH excluding ortho intramolecular Hbond substituents is 1. The smallest absolute Gasteiger partial charge is 0.233 e. The van der Waals surface area contributed by atoms with E-state index in [0.717, 1.165) is 24.1 Å². The van der Waals surface area contributed by atoms with Gasteiger partial charge in [-0.2, -0.15) is 0 Å². The Kier molecular flexibility index (Phi) is 6.85. The van der Waals surface area contributed by atoms with Gasteiger partial charge in [0.25, 0.3) is 0 Å².